The van der Waals surface area contributed by atoms with Crippen molar-refractivity contribution < 1.29 is 18.3 Å². The molecule has 1 unspecified atom stereocenters. The van der Waals surface area contributed by atoms with E-state index in [0.29, 0.717) is 11.7 Å². The van der Waals surface area contributed by atoms with Crippen molar-refractivity contribution in [2.24, 2.45) is 0 Å². The highest BCUT2D eigenvalue weighted by molar-refractivity contribution is 7.14. The molecular weight excluding hydrogens is 370 g/mol. The van der Waals surface area contributed by atoms with E-state index in [1.807, 2.05) is 24.3 Å². The van der Waals surface area contributed by atoms with Gasteiger partial charge in [-0.05, 0) is 29.7 Å². The molecule has 3 aromatic rings. The molecule has 27 heavy (non-hydrogen) atoms. The van der Waals surface area contributed by atoms with E-state index in [2.05, 4.69) is 10.3 Å². The largest absolute Gasteiger partial charge is 0.373 e. The Morgan fingerprint density at radius 1 is 1.19 bits per heavy atom. The quantitative estimate of drug-likeness (QED) is 0.705. The van der Waals surface area contributed by atoms with E-state index >= 15 is 0 Å². The molecule has 1 aromatic heterocycles. The summed E-state index contributed by atoms with van der Waals surface area (Å²) in [7, 11) is 0. The number of thiazole rings is 1. The number of nitrogens with one attached hydrogen (secondary N) is 1. The summed E-state index contributed by atoms with van der Waals surface area (Å²) in [6.07, 6.45) is 0.677. The number of aromatic nitrogens is 1. The SMILES string of the molecule is O=C(CC1OCCc2ccccc21)Nc1nc(-c2c(F)cccc2F)cs1. The first kappa shape index (κ1) is 17.8. The number of carbonyl (C=O) groups is 1. The molecule has 4 rings (SSSR count). The van der Waals surface area contributed by atoms with Crippen molar-refractivity contribution in [3.63, 3.8) is 0 Å². The zero-order valence-corrected chi connectivity index (χ0v) is 15.1. The Morgan fingerprint density at radius 3 is 2.78 bits per heavy atom. The van der Waals surface area contributed by atoms with E-state index in [9.17, 15) is 13.6 Å². The monoisotopic (exact) mass is 386 g/mol. The minimum atomic E-state index is -0.689. The van der Waals surface area contributed by atoms with Crippen LogP contribution in [0.15, 0.2) is 47.8 Å². The number of ether oxygens (including phenoxy) is 1. The molecule has 1 atom stereocenters. The number of amides is 1. The van der Waals surface area contributed by atoms with E-state index in [4.69, 9.17) is 4.74 Å². The average Bonchev–Trinajstić information content (AvgIpc) is 3.10. The molecule has 0 aliphatic carbocycles. The molecule has 2 heterocycles. The number of carbonyl (C=O) groups excluding carboxylic acids is 1. The van der Waals surface area contributed by atoms with Crippen LogP contribution < -0.4 is 5.32 Å². The number of nitrogens with zero attached hydrogens (tertiary/aromatic N) is 1. The Morgan fingerprint density at radius 2 is 1.96 bits per heavy atom. The first-order valence-corrected chi connectivity index (χ1v) is 9.39. The molecule has 0 saturated heterocycles. The molecule has 7 heteroatoms. The molecule has 0 saturated carbocycles. The zero-order chi connectivity index (χ0) is 18.8. The van der Waals surface area contributed by atoms with Crippen LogP contribution >= 0.6 is 11.3 Å². The second-order valence-electron chi connectivity index (χ2n) is 6.20. The highest BCUT2D eigenvalue weighted by Gasteiger charge is 2.23. The van der Waals surface area contributed by atoms with Crippen molar-refractivity contribution in [3.05, 3.63) is 70.6 Å². The minimum absolute atomic E-state index is 0.153. The maximum absolute atomic E-state index is 13.9. The molecule has 2 aromatic carbocycles. The highest BCUT2D eigenvalue weighted by Crippen LogP contribution is 2.31. The van der Waals surface area contributed by atoms with Crippen LogP contribution in [0.1, 0.15) is 23.7 Å². The number of benzene rings is 2. The highest BCUT2D eigenvalue weighted by atomic mass is 32.1. The standard InChI is InChI=1S/C20H16F2N2O2S/c21-14-6-3-7-15(22)19(14)16-11-27-20(23-16)24-18(25)10-17-13-5-2-1-4-12(13)8-9-26-17/h1-7,11,17H,8-10H2,(H,23,24,25). The zero-order valence-electron chi connectivity index (χ0n) is 14.2. The Labute approximate surface area is 158 Å². The second-order valence-corrected chi connectivity index (χ2v) is 7.05. The van der Waals surface area contributed by atoms with Crippen molar-refractivity contribution in [3.8, 4) is 11.3 Å². The maximum atomic E-state index is 13.9. The van der Waals surface area contributed by atoms with Crippen molar-refractivity contribution in [2.75, 3.05) is 11.9 Å². The van der Waals surface area contributed by atoms with E-state index < -0.39 is 11.6 Å². The van der Waals surface area contributed by atoms with E-state index in [0.717, 1.165) is 23.3 Å². The van der Waals surface area contributed by atoms with Crippen molar-refractivity contribution in [1.82, 2.24) is 4.98 Å². The molecular formula is C20H16F2N2O2S. The van der Waals surface area contributed by atoms with Gasteiger partial charge in [0.25, 0.3) is 0 Å². The molecule has 0 fully saturated rings. The molecule has 0 bridgehead atoms. The third-order valence-corrected chi connectivity index (χ3v) is 5.19. The minimum Gasteiger partial charge on any atom is -0.373 e. The summed E-state index contributed by atoms with van der Waals surface area (Å²) in [5, 5.41) is 4.50. The number of hydrogen-bond acceptors (Lipinski definition) is 4. The van der Waals surface area contributed by atoms with Gasteiger partial charge in [-0.3, -0.25) is 4.79 Å². The van der Waals surface area contributed by atoms with Gasteiger partial charge in [-0.1, -0.05) is 30.3 Å². The fourth-order valence-electron chi connectivity index (χ4n) is 3.17. The van der Waals surface area contributed by atoms with Gasteiger partial charge in [0.2, 0.25) is 5.91 Å². The van der Waals surface area contributed by atoms with Crippen LogP contribution in [-0.2, 0) is 16.0 Å². The summed E-state index contributed by atoms with van der Waals surface area (Å²) in [6.45, 7) is 0.572. The summed E-state index contributed by atoms with van der Waals surface area (Å²) >= 11 is 1.12. The molecule has 1 aliphatic heterocycles. The maximum Gasteiger partial charge on any atom is 0.229 e. The third kappa shape index (κ3) is 3.74. The van der Waals surface area contributed by atoms with Gasteiger partial charge in [0.05, 0.1) is 30.4 Å². The first-order chi connectivity index (χ1) is 13.1. The lowest BCUT2D eigenvalue weighted by molar-refractivity contribution is -0.119. The molecule has 138 valence electrons. The predicted octanol–water partition coefficient (Wildman–Crippen LogP) is 4.73. The molecule has 0 spiro atoms. The van der Waals surface area contributed by atoms with Crippen molar-refractivity contribution in [2.45, 2.75) is 18.9 Å². The van der Waals surface area contributed by atoms with Crippen LogP contribution in [0.2, 0.25) is 0 Å². The third-order valence-electron chi connectivity index (χ3n) is 4.43. The normalized spacial score (nSPS) is 16.0. The Bertz CT molecular complexity index is 969. The van der Waals surface area contributed by atoms with Gasteiger partial charge in [0.1, 0.15) is 11.6 Å². The summed E-state index contributed by atoms with van der Waals surface area (Å²) in [5.74, 6) is -1.64. The van der Waals surface area contributed by atoms with Crippen LogP contribution in [0.25, 0.3) is 11.3 Å². The second kappa shape index (κ2) is 7.54. The van der Waals surface area contributed by atoms with Gasteiger partial charge in [-0.2, -0.15) is 0 Å². The number of hydrogen-bond donors (Lipinski definition) is 1. The molecule has 1 aliphatic rings. The van der Waals surface area contributed by atoms with Crippen LogP contribution in [0.5, 0.6) is 0 Å². The summed E-state index contributed by atoms with van der Waals surface area (Å²) in [4.78, 5) is 16.5. The lowest BCUT2D eigenvalue weighted by Crippen LogP contribution is -2.22. The molecule has 1 N–H and O–H groups in total. The topological polar surface area (TPSA) is 51.2 Å². The van der Waals surface area contributed by atoms with Crippen LogP contribution in [0.3, 0.4) is 0 Å². The molecule has 4 nitrogen and oxygen atoms in total. The molecule has 0 radical (unpaired) electrons. The van der Waals surface area contributed by atoms with E-state index in [-0.39, 0.29) is 29.7 Å². The number of halogens is 2. The van der Waals surface area contributed by atoms with Gasteiger partial charge < -0.3 is 10.1 Å². The lowest BCUT2D eigenvalue weighted by atomic mass is 9.96. The van der Waals surface area contributed by atoms with Crippen molar-refractivity contribution >= 4 is 22.4 Å². The Balaban J connectivity index is 1.47. The predicted molar refractivity (Wildman–Crippen MR) is 99.6 cm³/mol. The van der Waals surface area contributed by atoms with Gasteiger partial charge in [-0.25, -0.2) is 13.8 Å². The van der Waals surface area contributed by atoms with Crippen molar-refractivity contribution in [1.29, 1.82) is 0 Å². The number of fused-ring (bicyclic) bond motifs is 1. The van der Waals surface area contributed by atoms with Gasteiger partial charge in [0, 0.05) is 5.38 Å². The summed E-state index contributed by atoms with van der Waals surface area (Å²) in [5.41, 5.74) is 2.17. The molecule has 1 amide bonds. The fraction of sp³-hybridized carbons (Fsp3) is 0.200. The Kier molecular flexibility index (Phi) is 4.96. The number of rotatable bonds is 4. The summed E-state index contributed by atoms with van der Waals surface area (Å²) < 4.78 is 33.5. The smallest absolute Gasteiger partial charge is 0.229 e. The van der Waals surface area contributed by atoms with Gasteiger partial charge in [0.15, 0.2) is 5.13 Å². The average molecular weight is 386 g/mol. The van der Waals surface area contributed by atoms with Crippen LogP contribution in [0, 0.1) is 11.6 Å². The van der Waals surface area contributed by atoms with Crippen LogP contribution in [-0.4, -0.2) is 17.5 Å². The van der Waals surface area contributed by atoms with Gasteiger partial charge >= 0.3 is 0 Å². The lowest BCUT2D eigenvalue weighted by Gasteiger charge is -2.25. The van der Waals surface area contributed by atoms with E-state index in [1.165, 1.54) is 29.1 Å². The fourth-order valence-corrected chi connectivity index (χ4v) is 3.89. The number of anilines is 1. The summed E-state index contributed by atoms with van der Waals surface area (Å²) in [6, 6.07) is 11.6. The van der Waals surface area contributed by atoms with Gasteiger partial charge in [-0.15, -0.1) is 11.3 Å². The Hall–Kier alpha value is -2.64. The van der Waals surface area contributed by atoms with E-state index in [1.54, 1.807) is 0 Å². The first-order valence-electron chi connectivity index (χ1n) is 8.51. The van der Waals surface area contributed by atoms with Crippen LogP contribution in [0.4, 0.5) is 13.9 Å².